The van der Waals surface area contributed by atoms with E-state index in [4.69, 9.17) is 4.74 Å². The smallest absolute Gasteiger partial charge is 0.164 e. The zero-order valence-electron chi connectivity index (χ0n) is 13.2. The molecule has 3 atom stereocenters. The monoisotopic (exact) mass is 297 g/mol. The molecule has 5 rings (SSSR count). The summed E-state index contributed by atoms with van der Waals surface area (Å²) in [5, 5.41) is 8.16. The number of pyridine rings is 1. The minimum absolute atomic E-state index is 0.641. The molecule has 0 saturated heterocycles. The van der Waals surface area contributed by atoms with Gasteiger partial charge in [-0.2, -0.15) is 0 Å². The lowest BCUT2D eigenvalue weighted by molar-refractivity contribution is 0.174. The Bertz CT molecular complexity index is 720. The van der Waals surface area contributed by atoms with Crippen LogP contribution in [0, 0.1) is 17.3 Å². The molecular weight excluding hydrogens is 274 g/mol. The van der Waals surface area contributed by atoms with Gasteiger partial charge in [-0.05, 0) is 55.3 Å². The number of ether oxygens (including phenoxy) is 1. The Balaban J connectivity index is 1.38. The molecule has 22 heavy (non-hydrogen) atoms. The molecular formula is C18H23N3O. The van der Waals surface area contributed by atoms with Crippen LogP contribution < -0.4 is 4.74 Å². The van der Waals surface area contributed by atoms with Crippen molar-refractivity contribution in [1.29, 1.82) is 0 Å². The van der Waals surface area contributed by atoms with Crippen molar-refractivity contribution in [2.45, 2.75) is 51.4 Å². The highest BCUT2D eigenvalue weighted by Crippen LogP contribution is 2.63. The predicted molar refractivity (Wildman–Crippen MR) is 84.0 cm³/mol. The minimum atomic E-state index is 0.641. The molecule has 2 heterocycles. The molecule has 1 unspecified atom stereocenters. The molecule has 3 aliphatic carbocycles. The lowest BCUT2D eigenvalue weighted by Gasteiger charge is -2.26. The first-order valence-corrected chi connectivity index (χ1v) is 8.69. The lowest BCUT2D eigenvalue weighted by Crippen LogP contribution is -2.22. The third-order valence-electron chi connectivity index (χ3n) is 6.21. The Morgan fingerprint density at radius 1 is 1.36 bits per heavy atom. The molecule has 0 amide bonds. The number of fused-ring (bicyclic) bond motifs is 2. The van der Waals surface area contributed by atoms with Crippen molar-refractivity contribution in [3.05, 3.63) is 24.2 Å². The molecule has 3 fully saturated rings. The number of hydrogen-bond acceptors (Lipinski definition) is 3. The van der Waals surface area contributed by atoms with Gasteiger partial charge >= 0.3 is 0 Å². The van der Waals surface area contributed by atoms with Crippen molar-refractivity contribution in [2.24, 2.45) is 17.3 Å². The zero-order chi connectivity index (χ0) is 14.7. The van der Waals surface area contributed by atoms with E-state index in [2.05, 4.69) is 29.4 Å². The molecule has 0 aliphatic heterocycles. The Hall–Kier alpha value is -1.58. The molecule has 0 aromatic carbocycles. The maximum atomic E-state index is 6.32. The lowest BCUT2D eigenvalue weighted by atomic mass is 9.83. The molecule has 0 N–H and O–H groups in total. The van der Waals surface area contributed by atoms with Crippen molar-refractivity contribution in [1.82, 2.24) is 14.6 Å². The summed E-state index contributed by atoms with van der Waals surface area (Å²) in [5.41, 5.74) is 2.88. The Kier molecular flexibility index (Phi) is 2.62. The Morgan fingerprint density at radius 2 is 2.27 bits per heavy atom. The minimum Gasteiger partial charge on any atom is -0.493 e. The highest BCUT2D eigenvalue weighted by Gasteiger charge is 2.55. The van der Waals surface area contributed by atoms with E-state index in [0.29, 0.717) is 11.3 Å². The second kappa shape index (κ2) is 4.46. The second-order valence-corrected chi connectivity index (χ2v) is 7.89. The van der Waals surface area contributed by atoms with Crippen LogP contribution in [0.4, 0.5) is 0 Å². The number of nitrogens with zero attached hydrogens (tertiary/aromatic N) is 3. The molecule has 0 bridgehead atoms. The van der Waals surface area contributed by atoms with Gasteiger partial charge in [0.2, 0.25) is 0 Å². The Morgan fingerprint density at radius 3 is 3.14 bits per heavy atom. The second-order valence-electron chi connectivity index (χ2n) is 7.89. The van der Waals surface area contributed by atoms with Gasteiger partial charge in [-0.3, -0.25) is 4.40 Å². The maximum absolute atomic E-state index is 6.32. The Labute approximate surface area is 130 Å². The van der Waals surface area contributed by atoms with E-state index >= 15 is 0 Å². The van der Waals surface area contributed by atoms with Crippen LogP contribution in [0.25, 0.3) is 5.65 Å². The molecule has 2 aromatic rings. The van der Waals surface area contributed by atoms with E-state index in [-0.39, 0.29) is 0 Å². The van der Waals surface area contributed by atoms with E-state index in [1.165, 1.54) is 44.1 Å². The summed E-state index contributed by atoms with van der Waals surface area (Å²) in [6.07, 6.45) is 12.1. The van der Waals surface area contributed by atoms with E-state index in [1.54, 1.807) is 6.33 Å². The average Bonchev–Trinajstić information content (AvgIpc) is 3.41. The van der Waals surface area contributed by atoms with Gasteiger partial charge in [0.05, 0.1) is 6.61 Å². The van der Waals surface area contributed by atoms with Crippen LogP contribution in [0.1, 0.15) is 56.9 Å². The number of rotatable bonds is 4. The van der Waals surface area contributed by atoms with Crippen LogP contribution in [0.3, 0.4) is 0 Å². The maximum Gasteiger partial charge on any atom is 0.164 e. The molecule has 4 heteroatoms. The van der Waals surface area contributed by atoms with Crippen molar-refractivity contribution in [2.75, 3.05) is 6.61 Å². The summed E-state index contributed by atoms with van der Waals surface area (Å²) in [6, 6.07) is 2.08. The van der Waals surface area contributed by atoms with Crippen LogP contribution >= 0.6 is 0 Å². The largest absolute Gasteiger partial charge is 0.493 e. The van der Waals surface area contributed by atoms with E-state index in [0.717, 1.165) is 29.8 Å². The fourth-order valence-electron chi connectivity index (χ4n) is 4.53. The summed E-state index contributed by atoms with van der Waals surface area (Å²) in [6.45, 7) is 3.34. The van der Waals surface area contributed by atoms with E-state index in [1.807, 2.05) is 4.40 Å². The molecule has 0 radical (unpaired) electrons. The van der Waals surface area contributed by atoms with Crippen LogP contribution in [-0.2, 0) is 0 Å². The van der Waals surface area contributed by atoms with Gasteiger partial charge in [0, 0.05) is 17.8 Å². The van der Waals surface area contributed by atoms with Gasteiger partial charge in [0.15, 0.2) is 5.65 Å². The fourth-order valence-corrected chi connectivity index (χ4v) is 4.53. The molecule has 3 aliphatic rings. The average molecular weight is 297 g/mol. The van der Waals surface area contributed by atoms with Gasteiger partial charge in [0.25, 0.3) is 0 Å². The van der Waals surface area contributed by atoms with Crippen LogP contribution in [0.15, 0.2) is 18.6 Å². The topological polar surface area (TPSA) is 39.4 Å². The molecule has 4 nitrogen and oxygen atoms in total. The van der Waals surface area contributed by atoms with Crippen molar-refractivity contribution < 1.29 is 4.74 Å². The van der Waals surface area contributed by atoms with Gasteiger partial charge in [-0.1, -0.05) is 13.3 Å². The van der Waals surface area contributed by atoms with E-state index in [9.17, 15) is 0 Å². The first-order valence-electron chi connectivity index (χ1n) is 8.69. The first kappa shape index (κ1) is 12.9. The van der Waals surface area contributed by atoms with Crippen molar-refractivity contribution in [3.63, 3.8) is 0 Å². The number of hydrogen-bond donors (Lipinski definition) is 0. The quantitative estimate of drug-likeness (QED) is 0.861. The zero-order valence-corrected chi connectivity index (χ0v) is 13.2. The van der Waals surface area contributed by atoms with Gasteiger partial charge in [-0.15, -0.1) is 10.2 Å². The highest BCUT2D eigenvalue weighted by molar-refractivity contribution is 5.49. The van der Waals surface area contributed by atoms with Crippen LogP contribution in [0.5, 0.6) is 5.75 Å². The first-order chi connectivity index (χ1) is 10.7. The normalized spacial score (nSPS) is 33.7. The summed E-state index contributed by atoms with van der Waals surface area (Å²) >= 11 is 0. The van der Waals surface area contributed by atoms with Crippen LogP contribution in [-0.4, -0.2) is 21.2 Å². The van der Waals surface area contributed by atoms with E-state index < -0.39 is 0 Å². The highest BCUT2D eigenvalue weighted by atomic mass is 16.5. The summed E-state index contributed by atoms with van der Waals surface area (Å²) in [7, 11) is 0. The van der Waals surface area contributed by atoms with Gasteiger partial charge in [0.1, 0.15) is 12.1 Å². The molecule has 3 saturated carbocycles. The number of aromatic nitrogens is 3. The van der Waals surface area contributed by atoms with Gasteiger partial charge < -0.3 is 4.74 Å². The van der Waals surface area contributed by atoms with Crippen molar-refractivity contribution >= 4 is 5.65 Å². The van der Waals surface area contributed by atoms with Crippen molar-refractivity contribution in [3.8, 4) is 5.75 Å². The summed E-state index contributed by atoms with van der Waals surface area (Å²) in [4.78, 5) is 0. The third-order valence-corrected chi connectivity index (χ3v) is 6.21. The molecule has 0 spiro atoms. The summed E-state index contributed by atoms with van der Waals surface area (Å²) < 4.78 is 8.33. The molecule has 2 aromatic heterocycles. The van der Waals surface area contributed by atoms with Gasteiger partial charge in [-0.25, -0.2) is 0 Å². The third kappa shape index (κ3) is 2.03. The SMILES string of the molecule is CC12CCC[C@H](COc3cc4nncn4cc3C3CC3)[C@@H]1C2. The predicted octanol–water partition coefficient (Wildman–Crippen LogP) is 3.81. The standard InChI is InChI=1S/C18H23N3O/c1-18-6-2-3-13(15(18)8-18)10-22-16-7-17-20-19-11-21(17)9-14(16)12-4-5-12/h7,9,11-13,15H,2-6,8,10H2,1H3/t13-,15+,18?/m1/s1. The molecule has 116 valence electrons. The fraction of sp³-hybridized carbons (Fsp3) is 0.667. The van der Waals surface area contributed by atoms with Crippen LogP contribution in [0.2, 0.25) is 0 Å². The summed E-state index contributed by atoms with van der Waals surface area (Å²) in [5.74, 6) is 3.39.